The van der Waals surface area contributed by atoms with Crippen LogP contribution in [0.3, 0.4) is 0 Å². The van der Waals surface area contributed by atoms with E-state index >= 15 is 0 Å². The summed E-state index contributed by atoms with van der Waals surface area (Å²) in [4.78, 5) is 2.44. The maximum atomic E-state index is 13.2. The summed E-state index contributed by atoms with van der Waals surface area (Å²) < 4.78 is 18.8. The fourth-order valence-electron chi connectivity index (χ4n) is 3.73. The second kappa shape index (κ2) is 7.03. The number of nitrogens with one attached hydrogen (secondary N) is 1. The lowest BCUT2D eigenvalue weighted by atomic mass is 9.95. The van der Waals surface area contributed by atoms with Crippen molar-refractivity contribution in [2.75, 3.05) is 6.54 Å². The normalized spacial score (nSPS) is 18.3. The van der Waals surface area contributed by atoms with Gasteiger partial charge >= 0.3 is 0 Å². The first-order valence-electron chi connectivity index (χ1n) is 9.08. The number of likely N-dealkylation sites (tertiary alicyclic amines) is 1. The number of aromatic amines is 1. The monoisotopic (exact) mass is 354 g/mol. The van der Waals surface area contributed by atoms with Crippen LogP contribution in [0.2, 0.25) is 0 Å². The van der Waals surface area contributed by atoms with Gasteiger partial charge in [0.15, 0.2) is 5.76 Å². The Balaban J connectivity index is 1.64. The van der Waals surface area contributed by atoms with Crippen LogP contribution >= 0.6 is 0 Å². The van der Waals surface area contributed by atoms with Gasteiger partial charge in [0.2, 0.25) is 0 Å². The van der Waals surface area contributed by atoms with E-state index in [0.29, 0.717) is 0 Å². The molecular weight excluding hydrogens is 331 g/mol. The molecular formula is C20H23FN4O. The SMILES string of the molecule is Cc1noc(-c2cn[nH]c2C2CCCCN2Cc2ccc(F)cc2)c1C. The fourth-order valence-corrected chi connectivity index (χ4v) is 3.73. The molecule has 3 heterocycles. The molecule has 0 aliphatic carbocycles. The molecule has 1 aliphatic heterocycles. The number of halogens is 1. The van der Waals surface area contributed by atoms with E-state index in [-0.39, 0.29) is 11.9 Å². The number of hydrogen-bond acceptors (Lipinski definition) is 4. The highest BCUT2D eigenvalue weighted by Gasteiger charge is 2.29. The van der Waals surface area contributed by atoms with Gasteiger partial charge in [-0.3, -0.25) is 10.00 Å². The van der Waals surface area contributed by atoms with Gasteiger partial charge in [0.1, 0.15) is 5.82 Å². The van der Waals surface area contributed by atoms with Gasteiger partial charge in [-0.15, -0.1) is 0 Å². The highest BCUT2D eigenvalue weighted by molar-refractivity contribution is 5.64. The van der Waals surface area contributed by atoms with E-state index in [1.54, 1.807) is 0 Å². The Bertz CT molecular complexity index is 884. The number of hydrogen-bond donors (Lipinski definition) is 1. The Labute approximate surface area is 152 Å². The van der Waals surface area contributed by atoms with Gasteiger partial charge in [-0.1, -0.05) is 23.7 Å². The van der Waals surface area contributed by atoms with Crippen molar-refractivity contribution in [2.45, 2.75) is 45.7 Å². The molecule has 4 rings (SSSR count). The maximum Gasteiger partial charge on any atom is 0.173 e. The molecule has 0 saturated carbocycles. The van der Waals surface area contributed by atoms with Gasteiger partial charge in [0.05, 0.1) is 29.2 Å². The van der Waals surface area contributed by atoms with E-state index in [2.05, 4.69) is 20.3 Å². The number of rotatable bonds is 4. The number of nitrogens with zero attached hydrogens (tertiary/aromatic N) is 3. The van der Waals surface area contributed by atoms with Crippen LogP contribution in [0.1, 0.15) is 47.8 Å². The van der Waals surface area contributed by atoms with Crippen LogP contribution in [-0.2, 0) is 6.54 Å². The molecule has 1 fully saturated rings. The third-order valence-electron chi connectivity index (χ3n) is 5.32. The largest absolute Gasteiger partial charge is 0.356 e. The summed E-state index contributed by atoms with van der Waals surface area (Å²) in [7, 11) is 0. The minimum atomic E-state index is -0.198. The number of H-pyrrole nitrogens is 1. The molecule has 1 N–H and O–H groups in total. The minimum Gasteiger partial charge on any atom is -0.356 e. The summed E-state index contributed by atoms with van der Waals surface area (Å²) in [5, 5.41) is 11.6. The van der Waals surface area contributed by atoms with Crippen molar-refractivity contribution in [3.63, 3.8) is 0 Å². The third kappa shape index (κ3) is 3.17. The second-order valence-electron chi connectivity index (χ2n) is 7.03. The Kier molecular flexibility index (Phi) is 4.59. The molecule has 1 atom stereocenters. The van der Waals surface area contributed by atoms with Crippen LogP contribution in [-0.4, -0.2) is 26.8 Å². The average molecular weight is 354 g/mol. The molecule has 5 nitrogen and oxygen atoms in total. The van der Waals surface area contributed by atoms with Crippen molar-refractivity contribution in [2.24, 2.45) is 0 Å². The summed E-state index contributed by atoms with van der Waals surface area (Å²) in [5.41, 5.74) is 5.13. The van der Waals surface area contributed by atoms with E-state index in [4.69, 9.17) is 4.52 Å². The number of benzene rings is 1. The number of piperidine rings is 1. The molecule has 2 aromatic heterocycles. The van der Waals surface area contributed by atoms with Crippen molar-refractivity contribution >= 4 is 0 Å². The molecule has 1 saturated heterocycles. The van der Waals surface area contributed by atoms with Crippen LogP contribution < -0.4 is 0 Å². The van der Waals surface area contributed by atoms with Crippen molar-refractivity contribution < 1.29 is 8.91 Å². The summed E-state index contributed by atoms with van der Waals surface area (Å²) in [6.45, 7) is 5.77. The van der Waals surface area contributed by atoms with E-state index in [1.165, 1.54) is 25.0 Å². The van der Waals surface area contributed by atoms with Crippen LogP contribution in [0.5, 0.6) is 0 Å². The lowest BCUT2D eigenvalue weighted by Gasteiger charge is -2.35. The Hall–Kier alpha value is -2.47. The van der Waals surface area contributed by atoms with E-state index in [9.17, 15) is 4.39 Å². The van der Waals surface area contributed by atoms with Crippen LogP contribution in [0.25, 0.3) is 11.3 Å². The van der Waals surface area contributed by atoms with E-state index in [0.717, 1.165) is 53.3 Å². The Morgan fingerprint density at radius 3 is 2.77 bits per heavy atom. The number of aryl methyl sites for hydroxylation is 1. The molecule has 1 unspecified atom stereocenters. The summed E-state index contributed by atoms with van der Waals surface area (Å²) in [6, 6.07) is 7.00. The zero-order chi connectivity index (χ0) is 18.1. The Morgan fingerprint density at radius 2 is 2.04 bits per heavy atom. The molecule has 1 aromatic carbocycles. The molecule has 0 amide bonds. The molecule has 6 heteroatoms. The molecule has 136 valence electrons. The quantitative estimate of drug-likeness (QED) is 0.747. The van der Waals surface area contributed by atoms with Crippen molar-refractivity contribution in [3.05, 3.63) is 58.8 Å². The fraction of sp³-hybridized carbons (Fsp3) is 0.400. The Morgan fingerprint density at radius 1 is 1.23 bits per heavy atom. The first-order chi connectivity index (χ1) is 12.6. The van der Waals surface area contributed by atoms with Gasteiger partial charge in [-0.05, 0) is 50.9 Å². The second-order valence-corrected chi connectivity index (χ2v) is 7.03. The van der Waals surface area contributed by atoms with Gasteiger partial charge in [0, 0.05) is 12.1 Å². The standard InChI is InChI=1S/C20H23FN4O/c1-13-14(2)24-26-20(13)17-11-22-23-19(17)18-5-3-4-10-25(18)12-15-6-8-16(21)9-7-15/h6-9,11,18H,3-5,10,12H2,1-2H3,(H,22,23). The summed E-state index contributed by atoms with van der Waals surface area (Å²) in [6.07, 6.45) is 5.23. The summed E-state index contributed by atoms with van der Waals surface area (Å²) in [5.74, 6) is 0.592. The molecule has 1 aliphatic rings. The van der Waals surface area contributed by atoms with Crippen LogP contribution in [0.4, 0.5) is 4.39 Å². The lowest BCUT2D eigenvalue weighted by Crippen LogP contribution is -2.33. The van der Waals surface area contributed by atoms with Crippen LogP contribution in [0.15, 0.2) is 35.0 Å². The zero-order valence-electron chi connectivity index (χ0n) is 15.1. The summed E-state index contributed by atoms with van der Waals surface area (Å²) >= 11 is 0. The topological polar surface area (TPSA) is 58.0 Å². The van der Waals surface area contributed by atoms with Gasteiger partial charge < -0.3 is 4.52 Å². The third-order valence-corrected chi connectivity index (χ3v) is 5.32. The molecule has 0 bridgehead atoms. The lowest BCUT2D eigenvalue weighted by molar-refractivity contribution is 0.137. The predicted octanol–water partition coefficient (Wildman–Crippen LogP) is 4.55. The average Bonchev–Trinajstić information content (AvgIpc) is 3.25. The first-order valence-corrected chi connectivity index (χ1v) is 9.08. The highest BCUT2D eigenvalue weighted by Crippen LogP contribution is 2.37. The predicted molar refractivity (Wildman–Crippen MR) is 97.0 cm³/mol. The van der Waals surface area contributed by atoms with E-state index in [1.807, 2.05) is 32.2 Å². The van der Waals surface area contributed by atoms with Crippen molar-refractivity contribution in [1.29, 1.82) is 0 Å². The smallest absolute Gasteiger partial charge is 0.173 e. The first kappa shape index (κ1) is 17.0. The molecule has 0 radical (unpaired) electrons. The molecule has 26 heavy (non-hydrogen) atoms. The zero-order valence-corrected chi connectivity index (χ0v) is 15.1. The highest BCUT2D eigenvalue weighted by atomic mass is 19.1. The molecule has 0 spiro atoms. The minimum absolute atomic E-state index is 0.198. The van der Waals surface area contributed by atoms with Crippen molar-refractivity contribution in [3.8, 4) is 11.3 Å². The van der Waals surface area contributed by atoms with Gasteiger partial charge in [-0.25, -0.2) is 4.39 Å². The molecule has 3 aromatic rings. The van der Waals surface area contributed by atoms with Gasteiger partial charge in [-0.2, -0.15) is 5.10 Å². The van der Waals surface area contributed by atoms with Gasteiger partial charge in [0.25, 0.3) is 0 Å². The van der Waals surface area contributed by atoms with E-state index < -0.39 is 0 Å². The van der Waals surface area contributed by atoms with Crippen molar-refractivity contribution in [1.82, 2.24) is 20.3 Å². The maximum absolute atomic E-state index is 13.2. The van der Waals surface area contributed by atoms with Crippen LogP contribution in [0, 0.1) is 19.7 Å². The number of aromatic nitrogens is 3.